The standard InChI is InChI=1S/C14H21N3OS/c1-9-13(19-10(2)16-9)7-14(18)17-11-3-4-12(17)8-15-6-5-11/h11-12,15H,3-8H2,1-2H3/t11-,12+/m1/s1. The van der Waals surface area contributed by atoms with E-state index in [0.717, 1.165) is 41.5 Å². The van der Waals surface area contributed by atoms with Gasteiger partial charge in [0.05, 0.1) is 17.1 Å². The molecule has 0 aliphatic carbocycles. The third kappa shape index (κ3) is 2.54. The Bertz CT molecular complexity index is 471. The fraction of sp³-hybridized carbons (Fsp3) is 0.714. The number of hydrogen-bond acceptors (Lipinski definition) is 4. The number of aryl methyl sites for hydroxylation is 2. The molecule has 2 atom stereocenters. The molecule has 3 rings (SSSR count). The van der Waals surface area contributed by atoms with E-state index < -0.39 is 0 Å². The summed E-state index contributed by atoms with van der Waals surface area (Å²) >= 11 is 1.66. The van der Waals surface area contributed by atoms with Crippen LogP contribution in [0.2, 0.25) is 0 Å². The van der Waals surface area contributed by atoms with Gasteiger partial charge in [-0.15, -0.1) is 11.3 Å². The molecule has 0 unspecified atom stereocenters. The highest BCUT2D eigenvalue weighted by atomic mass is 32.1. The summed E-state index contributed by atoms with van der Waals surface area (Å²) in [5.41, 5.74) is 1.02. The second-order valence-electron chi connectivity index (χ2n) is 5.60. The molecule has 5 heteroatoms. The van der Waals surface area contributed by atoms with Crippen LogP contribution in [0, 0.1) is 13.8 Å². The van der Waals surface area contributed by atoms with Crippen LogP contribution in [0.15, 0.2) is 0 Å². The Morgan fingerprint density at radius 2 is 2.16 bits per heavy atom. The summed E-state index contributed by atoms with van der Waals surface area (Å²) in [4.78, 5) is 20.3. The molecule has 0 radical (unpaired) electrons. The number of rotatable bonds is 2. The van der Waals surface area contributed by atoms with E-state index in [4.69, 9.17) is 0 Å². The minimum Gasteiger partial charge on any atom is -0.335 e. The number of hydrogen-bond donors (Lipinski definition) is 1. The highest BCUT2D eigenvalue weighted by molar-refractivity contribution is 7.11. The average molecular weight is 279 g/mol. The van der Waals surface area contributed by atoms with Crippen molar-refractivity contribution in [3.8, 4) is 0 Å². The molecule has 3 heterocycles. The quantitative estimate of drug-likeness (QED) is 0.895. The average Bonchev–Trinajstić information content (AvgIpc) is 2.78. The molecule has 0 saturated carbocycles. The maximum Gasteiger partial charge on any atom is 0.228 e. The summed E-state index contributed by atoms with van der Waals surface area (Å²) in [5.74, 6) is 0.294. The van der Waals surface area contributed by atoms with Gasteiger partial charge in [0.1, 0.15) is 0 Å². The highest BCUT2D eigenvalue weighted by Crippen LogP contribution is 2.29. The van der Waals surface area contributed by atoms with Crippen molar-refractivity contribution in [1.82, 2.24) is 15.2 Å². The zero-order chi connectivity index (χ0) is 13.4. The number of carbonyl (C=O) groups is 1. The van der Waals surface area contributed by atoms with Gasteiger partial charge < -0.3 is 10.2 Å². The first-order chi connectivity index (χ1) is 9.15. The van der Waals surface area contributed by atoms with Crippen molar-refractivity contribution in [3.63, 3.8) is 0 Å². The Kier molecular flexibility index (Phi) is 3.58. The lowest BCUT2D eigenvalue weighted by atomic mass is 10.1. The van der Waals surface area contributed by atoms with Crippen molar-refractivity contribution >= 4 is 17.2 Å². The largest absolute Gasteiger partial charge is 0.335 e. The fourth-order valence-corrected chi connectivity index (χ4v) is 4.28. The van der Waals surface area contributed by atoms with Crippen molar-refractivity contribution < 1.29 is 4.79 Å². The second kappa shape index (κ2) is 5.21. The van der Waals surface area contributed by atoms with Gasteiger partial charge in [0.25, 0.3) is 0 Å². The number of nitrogens with one attached hydrogen (secondary N) is 1. The van der Waals surface area contributed by atoms with E-state index in [1.165, 1.54) is 6.42 Å². The minimum absolute atomic E-state index is 0.294. The first-order valence-corrected chi connectivity index (χ1v) is 7.91. The molecule has 0 spiro atoms. The molecule has 1 N–H and O–H groups in total. The molecule has 1 aromatic rings. The van der Waals surface area contributed by atoms with E-state index in [-0.39, 0.29) is 0 Å². The van der Waals surface area contributed by atoms with Gasteiger partial charge in [-0.2, -0.15) is 0 Å². The molecule has 19 heavy (non-hydrogen) atoms. The van der Waals surface area contributed by atoms with E-state index in [0.29, 0.717) is 24.4 Å². The molecule has 2 aliphatic heterocycles. The van der Waals surface area contributed by atoms with E-state index >= 15 is 0 Å². The summed E-state index contributed by atoms with van der Waals surface area (Å²) in [7, 11) is 0. The summed E-state index contributed by atoms with van der Waals surface area (Å²) < 4.78 is 0. The van der Waals surface area contributed by atoms with Gasteiger partial charge in [0.2, 0.25) is 5.91 Å². The maximum absolute atomic E-state index is 12.6. The number of carbonyl (C=O) groups excluding carboxylic acids is 1. The summed E-state index contributed by atoms with van der Waals surface area (Å²) in [6, 6.07) is 0.871. The number of nitrogens with zero attached hydrogens (tertiary/aromatic N) is 2. The Morgan fingerprint density at radius 1 is 1.37 bits per heavy atom. The molecule has 2 fully saturated rings. The monoisotopic (exact) mass is 279 g/mol. The molecule has 1 aromatic heterocycles. The van der Waals surface area contributed by atoms with E-state index in [9.17, 15) is 4.79 Å². The molecule has 1 amide bonds. The third-order valence-electron chi connectivity index (χ3n) is 4.25. The van der Waals surface area contributed by atoms with Crippen molar-refractivity contribution in [2.45, 2.75) is 51.6 Å². The van der Waals surface area contributed by atoms with Crippen LogP contribution in [0.4, 0.5) is 0 Å². The van der Waals surface area contributed by atoms with Crippen molar-refractivity contribution in [2.24, 2.45) is 0 Å². The van der Waals surface area contributed by atoms with Crippen LogP contribution in [0.3, 0.4) is 0 Å². The molecular weight excluding hydrogens is 258 g/mol. The zero-order valence-corrected chi connectivity index (χ0v) is 12.4. The van der Waals surface area contributed by atoms with Crippen LogP contribution in [0.25, 0.3) is 0 Å². The predicted molar refractivity (Wildman–Crippen MR) is 76.4 cm³/mol. The number of aromatic nitrogens is 1. The van der Waals surface area contributed by atoms with Gasteiger partial charge in [-0.3, -0.25) is 4.79 Å². The summed E-state index contributed by atoms with van der Waals surface area (Å²) in [5, 5.41) is 4.50. The predicted octanol–water partition coefficient (Wildman–Crippen LogP) is 1.66. The maximum atomic E-state index is 12.6. The normalized spacial score (nSPS) is 26.5. The van der Waals surface area contributed by atoms with Gasteiger partial charge in [-0.1, -0.05) is 0 Å². The molecular formula is C14H21N3OS. The van der Waals surface area contributed by atoms with Crippen LogP contribution in [-0.4, -0.2) is 41.0 Å². The summed E-state index contributed by atoms with van der Waals surface area (Å²) in [6.45, 7) is 6.02. The van der Waals surface area contributed by atoms with Gasteiger partial charge in [-0.25, -0.2) is 4.98 Å². The second-order valence-corrected chi connectivity index (χ2v) is 6.88. The number of fused-ring (bicyclic) bond motifs is 2. The van der Waals surface area contributed by atoms with Crippen LogP contribution in [-0.2, 0) is 11.2 Å². The molecule has 0 aromatic carbocycles. The number of amides is 1. The zero-order valence-electron chi connectivity index (χ0n) is 11.6. The molecule has 104 valence electrons. The fourth-order valence-electron chi connectivity index (χ4n) is 3.36. The number of thiazole rings is 1. The lowest BCUT2D eigenvalue weighted by Gasteiger charge is -2.27. The topological polar surface area (TPSA) is 45.2 Å². The Morgan fingerprint density at radius 3 is 2.89 bits per heavy atom. The van der Waals surface area contributed by atoms with Gasteiger partial charge in [0, 0.05) is 23.5 Å². The van der Waals surface area contributed by atoms with Gasteiger partial charge in [-0.05, 0) is 39.7 Å². The lowest BCUT2D eigenvalue weighted by Crippen LogP contribution is -2.43. The van der Waals surface area contributed by atoms with Crippen LogP contribution in [0.5, 0.6) is 0 Å². The first kappa shape index (κ1) is 13.1. The molecule has 2 bridgehead atoms. The smallest absolute Gasteiger partial charge is 0.228 e. The SMILES string of the molecule is Cc1nc(C)c(CC(=O)N2[C@H]3CCNC[C@@H]2CC3)s1. The lowest BCUT2D eigenvalue weighted by molar-refractivity contribution is -0.133. The van der Waals surface area contributed by atoms with Gasteiger partial charge in [0.15, 0.2) is 0 Å². The van der Waals surface area contributed by atoms with E-state index in [1.54, 1.807) is 11.3 Å². The van der Waals surface area contributed by atoms with Crippen molar-refractivity contribution in [1.29, 1.82) is 0 Å². The molecule has 2 saturated heterocycles. The molecule has 2 aliphatic rings. The van der Waals surface area contributed by atoms with Gasteiger partial charge >= 0.3 is 0 Å². The van der Waals surface area contributed by atoms with Crippen LogP contribution >= 0.6 is 11.3 Å². The van der Waals surface area contributed by atoms with Crippen LogP contribution in [0.1, 0.15) is 34.8 Å². The first-order valence-electron chi connectivity index (χ1n) is 7.10. The molecule has 4 nitrogen and oxygen atoms in total. The summed E-state index contributed by atoms with van der Waals surface area (Å²) in [6.07, 6.45) is 3.97. The van der Waals surface area contributed by atoms with Crippen LogP contribution < -0.4 is 5.32 Å². The van der Waals surface area contributed by atoms with Crippen molar-refractivity contribution in [2.75, 3.05) is 13.1 Å². The Labute approximate surface area is 118 Å². The minimum atomic E-state index is 0.294. The van der Waals surface area contributed by atoms with E-state index in [2.05, 4.69) is 15.2 Å². The Hall–Kier alpha value is -0.940. The van der Waals surface area contributed by atoms with Crippen molar-refractivity contribution in [3.05, 3.63) is 15.6 Å². The van der Waals surface area contributed by atoms with E-state index in [1.807, 2.05) is 13.8 Å². The highest BCUT2D eigenvalue weighted by Gasteiger charge is 2.37. The third-order valence-corrected chi connectivity index (χ3v) is 5.33. The Balaban J connectivity index is 1.75.